The maximum Gasteiger partial charge on any atom is 0.401 e. The molecule has 2 N–H and O–H groups in total. The molecule has 2 rings (SSSR count). The third-order valence-electron chi connectivity index (χ3n) is 4.21. The number of nitrogens with zero attached hydrogens (tertiary/aromatic N) is 2. The van der Waals surface area contributed by atoms with E-state index >= 15 is 0 Å². The quantitative estimate of drug-likeness (QED) is 0.842. The van der Waals surface area contributed by atoms with E-state index in [0.29, 0.717) is 32.7 Å². The molecule has 7 heteroatoms. The summed E-state index contributed by atoms with van der Waals surface area (Å²) in [5.74, 6) is 0. The topological polar surface area (TPSA) is 41.7 Å². The van der Waals surface area contributed by atoms with Crippen molar-refractivity contribution in [3.63, 3.8) is 0 Å². The zero-order chi connectivity index (χ0) is 14.8. The van der Waals surface area contributed by atoms with Crippen LogP contribution < -0.4 is 5.73 Å². The average molecular weight is 295 g/mol. The van der Waals surface area contributed by atoms with Gasteiger partial charge < -0.3 is 10.5 Å². The second-order valence-electron chi connectivity index (χ2n) is 5.79. The molecule has 0 aromatic heterocycles. The van der Waals surface area contributed by atoms with Crippen molar-refractivity contribution in [1.82, 2.24) is 9.80 Å². The third-order valence-corrected chi connectivity index (χ3v) is 4.21. The SMILES string of the molecule is CC1CCC(C(CN)N2CCN(CC(F)(F)F)CC2)O1. The fraction of sp³-hybridized carbons (Fsp3) is 1.00. The van der Waals surface area contributed by atoms with E-state index in [1.54, 1.807) is 0 Å². The molecule has 0 saturated carbocycles. The van der Waals surface area contributed by atoms with Crippen LogP contribution in [-0.4, -0.2) is 73.5 Å². The minimum Gasteiger partial charge on any atom is -0.374 e. The predicted molar refractivity (Wildman–Crippen MR) is 70.5 cm³/mol. The molecule has 3 unspecified atom stereocenters. The lowest BCUT2D eigenvalue weighted by Crippen LogP contribution is -2.57. The predicted octanol–water partition coefficient (Wildman–Crippen LogP) is 1.06. The molecular formula is C13H24F3N3O. The smallest absolute Gasteiger partial charge is 0.374 e. The van der Waals surface area contributed by atoms with Gasteiger partial charge in [0.05, 0.1) is 18.8 Å². The number of halogens is 3. The van der Waals surface area contributed by atoms with Gasteiger partial charge in [0.1, 0.15) is 0 Å². The number of piperazine rings is 1. The van der Waals surface area contributed by atoms with Gasteiger partial charge in [0.25, 0.3) is 0 Å². The highest BCUT2D eigenvalue weighted by atomic mass is 19.4. The van der Waals surface area contributed by atoms with Gasteiger partial charge in [-0.25, -0.2) is 0 Å². The lowest BCUT2D eigenvalue weighted by molar-refractivity contribution is -0.150. The summed E-state index contributed by atoms with van der Waals surface area (Å²) in [6.07, 6.45) is -1.69. The Hall–Kier alpha value is -0.370. The van der Waals surface area contributed by atoms with Crippen LogP contribution in [0.1, 0.15) is 19.8 Å². The molecule has 118 valence electrons. The summed E-state index contributed by atoms with van der Waals surface area (Å²) in [6.45, 7) is 3.88. The lowest BCUT2D eigenvalue weighted by atomic mass is 10.0. The molecule has 0 amide bonds. The van der Waals surface area contributed by atoms with Gasteiger partial charge in [0.15, 0.2) is 0 Å². The van der Waals surface area contributed by atoms with Crippen LogP contribution in [0, 0.1) is 0 Å². The highest BCUT2D eigenvalue weighted by Gasteiger charge is 2.36. The molecule has 2 aliphatic heterocycles. The molecule has 20 heavy (non-hydrogen) atoms. The second-order valence-corrected chi connectivity index (χ2v) is 5.79. The average Bonchev–Trinajstić information content (AvgIpc) is 2.77. The molecule has 2 heterocycles. The number of alkyl halides is 3. The van der Waals surface area contributed by atoms with Crippen molar-refractivity contribution in [3.8, 4) is 0 Å². The first kappa shape index (κ1) is 16.0. The largest absolute Gasteiger partial charge is 0.401 e. The maximum atomic E-state index is 12.4. The maximum absolute atomic E-state index is 12.4. The van der Waals surface area contributed by atoms with E-state index in [4.69, 9.17) is 10.5 Å². The van der Waals surface area contributed by atoms with Crippen molar-refractivity contribution in [1.29, 1.82) is 0 Å². The molecule has 2 saturated heterocycles. The fourth-order valence-electron chi connectivity index (χ4n) is 3.16. The number of hydrogen-bond acceptors (Lipinski definition) is 4. The first-order chi connectivity index (χ1) is 9.39. The zero-order valence-electron chi connectivity index (χ0n) is 11.9. The van der Waals surface area contributed by atoms with Crippen molar-refractivity contribution < 1.29 is 17.9 Å². The standard InChI is InChI=1S/C13H24F3N3O/c1-10-2-3-12(20-10)11(8-17)19-6-4-18(5-7-19)9-13(14,15)16/h10-12H,2-9,17H2,1H3. The summed E-state index contributed by atoms with van der Waals surface area (Å²) >= 11 is 0. The molecule has 0 aliphatic carbocycles. The van der Waals surface area contributed by atoms with Gasteiger partial charge >= 0.3 is 6.18 Å². The van der Waals surface area contributed by atoms with Crippen LogP contribution in [-0.2, 0) is 4.74 Å². The number of rotatable bonds is 4. The second kappa shape index (κ2) is 6.60. The molecule has 2 fully saturated rings. The van der Waals surface area contributed by atoms with E-state index < -0.39 is 12.7 Å². The van der Waals surface area contributed by atoms with Crippen LogP contribution in [0.15, 0.2) is 0 Å². The number of nitrogens with two attached hydrogens (primary N) is 1. The van der Waals surface area contributed by atoms with Crippen LogP contribution in [0.4, 0.5) is 13.2 Å². The van der Waals surface area contributed by atoms with Crippen LogP contribution in [0.3, 0.4) is 0 Å². The lowest BCUT2D eigenvalue weighted by Gasteiger charge is -2.41. The Kier molecular flexibility index (Phi) is 5.28. The summed E-state index contributed by atoms with van der Waals surface area (Å²) in [5, 5.41) is 0. The Morgan fingerprint density at radius 1 is 1.20 bits per heavy atom. The minimum absolute atomic E-state index is 0.129. The molecule has 0 radical (unpaired) electrons. The van der Waals surface area contributed by atoms with E-state index in [1.165, 1.54) is 4.90 Å². The first-order valence-corrected chi connectivity index (χ1v) is 7.27. The van der Waals surface area contributed by atoms with Crippen LogP contribution in [0.5, 0.6) is 0 Å². The molecule has 0 spiro atoms. The Labute approximate surface area is 118 Å². The molecule has 0 aromatic carbocycles. The molecule has 2 aliphatic rings. The van der Waals surface area contributed by atoms with E-state index in [1.807, 2.05) is 0 Å². The first-order valence-electron chi connectivity index (χ1n) is 7.27. The van der Waals surface area contributed by atoms with Crippen LogP contribution in [0.2, 0.25) is 0 Å². The summed E-state index contributed by atoms with van der Waals surface area (Å²) < 4.78 is 42.9. The normalized spacial score (nSPS) is 31.6. The van der Waals surface area contributed by atoms with Crippen molar-refractivity contribution in [2.45, 2.75) is 44.2 Å². The Morgan fingerprint density at radius 2 is 1.85 bits per heavy atom. The van der Waals surface area contributed by atoms with E-state index in [2.05, 4.69) is 11.8 Å². The summed E-state index contributed by atoms with van der Waals surface area (Å²) in [4.78, 5) is 3.65. The Morgan fingerprint density at radius 3 is 2.30 bits per heavy atom. The van der Waals surface area contributed by atoms with Crippen molar-refractivity contribution in [2.75, 3.05) is 39.3 Å². The molecule has 4 nitrogen and oxygen atoms in total. The van der Waals surface area contributed by atoms with Gasteiger partial charge in [-0.2, -0.15) is 13.2 Å². The molecular weight excluding hydrogens is 271 g/mol. The molecule has 0 bridgehead atoms. The van der Waals surface area contributed by atoms with Gasteiger partial charge in [-0.15, -0.1) is 0 Å². The van der Waals surface area contributed by atoms with Gasteiger partial charge in [0, 0.05) is 38.8 Å². The fourth-order valence-corrected chi connectivity index (χ4v) is 3.16. The third kappa shape index (κ3) is 4.31. The van der Waals surface area contributed by atoms with Gasteiger partial charge in [0.2, 0.25) is 0 Å². The molecule has 0 aromatic rings. The van der Waals surface area contributed by atoms with E-state index in [0.717, 1.165) is 12.8 Å². The number of hydrogen-bond donors (Lipinski definition) is 1. The highest BCUT2D eigenvalue weighted by Crippen LogP contribution is 2.25. The van der Waals surface area contributed by atoms with Gasteiger partial charge in [-0.1, -0.05) is 0 Å². The number of ether oxygens (including phenoxy) is 1. The highest BCUT2D eigenvalue weighted by molar-refractivity contribution is 4.88. The van der Waals surface area contributed by atoms with Crippen LogP contribution >= 0.6 is 0 Å². The molecule has 3 atom stereocenters. The zero-order valence-corrected chi connectivity index (χ0v) is 11.9. The van der Waals surface area contributed by atoms with E-state index in [9.17, 15) is 13.2 Å². The summed E-state index contributed by atoms with van der Waals surface area (Å²) in [5.41, 5.74) is 5.85. The van der Waals surface area contributed by atoms with Crippen LogP contribution in [0.25, 0.3) is 0 Å². The Balaban J connectivity index is 1.82. The van der Waals surface area contributed by atoms with Gasteiger partial charge in [-0.3, -0.25) is 9.80 Å². The van der Waals surface area contributed by atoms with Crippen molar-refractivity contribution >= 4 is 0 Å². The Bertz CT molecular complexity index is 306. The van der Waals surface area contributed by atoms with E-state index in [-0.39, 0.29) is 18.2 Å². The van der Waals surface area contributed by atoms with Crippen molar-refractivity contribution in [2.24, 2.45) is 5.73 Å². The van der Waals surface area contributed by atoms with Gasteiger partial charge in [-0.05, 0) is 19.8 Å². The summed E-state index contributed by atoms with van der Waals surface area (Å²) in [6, 6.07) is 0.132. The minimum atomic E-state index is -4.11. The van der Waals surface area contributed by atoms with Crippen molar-refractivity contribution in [3.05, 3.63) is 0 Å². The summed E-state index contributed by atoms with van der Waals surface area (Å²) in [7, 11) is 0. The monoisotopic (exact) mass is 295 g/mol.